The number of para-hydroxylation sites is 1. The zero-order valence-corrected chi connectivity index (χ0v) is 11.1. The molecule has 1 unspecified atom stereocenters. The SMILES string of the molecule is O=C(O)CC1CN(C(=O)C2(O)CCC2)c2ccccc21. The predicted molar refractivity (Wildman–Crippen MR) is 72.6 cm³/mol. The third kappa shape index (κ3) is 1.98. The molecule has 1 saturated carbocycles. The summed E-state index contributed by atoms with van der Waals surface area (Å²) in [6, 6.07) is 7.35. The Labute approximate surface area is 116 Å². The van der Waals surface area contributed by atoms with Crippen molar-refractivity contribution in [3.8, 4) is 0 Å². The summed E-state index contributed by atoms with van der Waals surface area (Å²) >= 11 is 0. The number of rotatable bonds is 3. The quantitative estimate of drug-likeness (QED) is 0.876. The Morgan fingerprint density at radius 3 is 2.60 bits per heavy atom. The molecule has 1 atom stereocenters. The molecule has 0 spiro atoms. The lowest BCUT2D eigenvalue weighted by Gasteiger charge is -2.38. The third-order valence-electron chi connectivity index (χ3n) is 4.32. The van der Waals surface area contributed by atoms with Gasteiger partial charge in [0.2, 0.25) is 0 Å². The molecule has 1 amide bonds. The molecule has 2 aliphatic rings. The van der Waals surface area contributed by atoms with E-state index in [0.717, 1.165) is 17.7 Å². The van der Waals surface area contributed by atoms with Crippen LogP contribution in [0.5, 0.6) is 0 Å². The Hall–Kier alpha value is -1.88. The van der Waals surface area contributed by atoms with Gasteiger partial charge in [0.05, 0.1) is 6.42 Å². The molecule has 106 valence electrons. The molecule has 5 nitrogen and oxygen atoms in total. The molecule has 1 aliphatic carbocycles. The first kappa shape index (κ1) is 13.1. The Morgan fingerprint density at radius 1 is 1.30 bits per heavy atom. The van der Waals surface area contributed by atoms with E-state index >= 15 is 0 Å². The number of anilines is 1. The van der Waals surface area contributed by atoms with Gasteiger partial charge in [0, 0.05) is 18.2 Å². The van der Waals surface area contributed by atoms with Crippen molar-refractivity contribution in [3.63, 3.8) is 0 Å². The molecule has 2 N–H and O–H groups in total. The Balaban J connectivity index is 1.90. The zero-order chi connectivity index (χ0) is 14.3. The standard InChI is InChI=1S/C15H17NO4/c17-13(18)8-10-9-16(12-5-2-1-4-11(10)12)14(19)15(20)6-3-7-15/h1-2,4-5,10,20H,3,6-9H2,(H,17,18). The average molecular weight is 275 g/mol. The maximum Gasteiger partial charge on any atom is 0.304 e. The third-order valence-corrected chi connectivity index (χ3v) is 4.32. The second-order valence-corrected chi connectivity index (χ2v) is 5.65. The summed E-state index contributed by atoms with van der Waals surface area (Å²) in [5, 5.41) is 19.2. The number of fused-ring (bicyclic) bond motifs is 1. The lowest BCUT2D eigenvalue weighted by Crippen LogP contribution is -2.53. The van der Waals surface area contributed by atoms with E-state index in [0.29, 0.717) is 19.4 Å². The van der Waals surface area contributed by atoms with Crippen LogP contribution in [0.25, 0.3) is 0 Å². The molecular formula is C15H17NO4. The monoisotopic (exact) mass is 275 g/mol. The Morgan fingerprint density at radius 2 is 2.00 bits per heavy atom. The van der Waals surface area contributed by atoms with Crippen LogP contribution in [0.4, 0.5) is 5.69 Å². The molecule has 3 rings (SSSR count). The smallest absolute Gasteiger partial charge is 0.304 e. The van der Waals surface area contributed by atoms with E-state index in [4.69, 9.17) is 5.11 Å². The van der Waals surface area contributed by atoms with Crippen molar-refractivity contribution in [3.05, 3.63) is 29.8 Å². The molecule has 5 heteroatoms. The van der Waals surface area contributed by atoms with Gasteiger partial charge in [-0.15, -0.1) is 0 Å². The van der Waals surface area contributed by atoms with E-state index in [9.17, 15) is 14.7 Å². The molecule has 0 bridgehead atoms. The number of hydrogen-bond acceptors (Lipinski definition) is 3. The summed E-state index contributed by atoms with van der Waals surface area (Å²) in [7, 11) is 0. The number of carboxylic acids is 1. The lowest BCUT2D eigenvalue weighted by molar-refractivity contribution is -0.145. The minimum absolute atomic E-state index is 0.000772. The average Bonchev–Trinajstić information content (AvgIpc) is 2.74. The molecule has 1 heterocycles. The van der Waals surface area contributed by atoms with Crippen molar-refractivity contribution < 1.29 is 19.8 Å². The fraction of sp³-hybridized carbons (Fsp3) is 0.467. The van der Waals surface area contributed by atoms with Crippen LogP contribution in [-0.4, -0.2) is 34.2 Å². The van der Waals surface area contributed by atoms with Gasteiger partial charge in [-0.05, 0) is 30.9 Å². The van der Waals surface area contributed by atoms with E-state index < -0.39 is 11.6 Å². The highest BCUT2D eigenvalue weighted by molar-refractivity contribution is 6.02. The highest BCUT2D eigenvalue weighted by Gasteiger charge is 2.47. The number of hydrogen-bond donors (Lipinski definition) is 2. The van der Waals surface area contributed by atoms with Gasteiger partial charge < -0.3 is 15.1 Å². The number of carboxylic acid groups (broad SMARTS) is 1. The van der Waals surface area contributed by atoms with Gasteiger partial charge >= 0.3 is 5.97 Å². The van der Waals surface area contributed by atoms with Crippen LogP contribution in [0.15, 0.2) is 24.3 Å². The molecular weight excluding hydrogens is 258 g/mol. The summed E-state index contributed by atoms with van der Waals surface area (Å²) in [4.78, 5) is 25.0. The van der Waals surface area contributed by atoms with E-state index in [1.165, 1.54) is 0 Å². The van der Waals surface area contributed by atoms with E-state index in [1.54, 1.807) is 4.90 Å². The molecule has 1 aromatic rings. The predicted octanol–water partition coefficient (Wildman–Crippen LogP) is 1.51. The van der Waals surface area contributed by atoms with E-state index in [2.05, 4.69) is 0 Å². The molecule has 0 radical (unpaired) electrons. The molecule has 0 saturated heterocycles. The number of amides is 1. The van der Waals surface area contributed by atoms with Gasteiger partial charge in [-0.2, -0.15) is 0 Å². The van der Waals surface area contributed by atoms with Crippen molar-refractivity contribution in [2.24, 2.45) is 0 Å². The Bertz CT molecular complexity index is 565. The van der Waals surface area contributed by atoms with Crippen LogP contribution >= 0.6 is 0 Å². The van der Waals surface area contributed by atoms with Crippen molar-refractivity contribution in [1.82, 2.24) is 0 Å². The summed E-state index contributed by atoms with van der Waals surface area (Å²) in [6.45, 7) is 0.340. The summed E-state index contributed by atoms with van der Waals surface area (Å²) < 4.78 is 0. The second-order valence-electron chi connectivity index (χ2n) is 5.65. The molecule has 1 aromatic carbocycles. The minimum atomic E-state index is -1.24. The van der Waals surface area contributed by atoms with Crippen LogP contribution in [0.1, 0.15) is 37.2 Å². The molecule has 1 fully saturated rings. The lowest BCUT2D eigenvalue weighted by atomic mass is 9.79. The Kier molecular flexibility index (Phi) is 3.01. The van der Waals surface area contributed by atoms with Crippen molar-refractivity contribution in [2.45, 2.75) is 37.2 Å². The number of nitrogens with zero attached hydrogens (tertiary/aromatic N) is 1. The highest BCUT2D eigenvalue weighted by atomic mass is 16.4. The summed E-state index contributed by atoms with van der Waals surface area (Å²) in [5.74, 6) is -1.36. The molecule has 1 aliphatic heterocycles. The fourth-order valence-electron chi connectivity index (χ4n) is 3.05. The largest absolute Gasteiger partial charge is 0.481 e. The first-order valence-electron chi connectivity index (χ1n) is 6.86. The van der Waals surface area contributed by atoms with E-state index in [1.807, 2.05) is 24.3 Å². The summed E-state index contributed by atoms with van der Waals surface area (Å²) in [6.07, 6.45) is 1.84. The minimum Gasteiger partial charge on any atom is -0.481 e. The van der Waals surface area contributed by atoms with Gasteiger partial charge in [-0.1, -0.05) is 18.2 Å². The van der Waals surface area contributed by atoms with Gasteiger partial charge in [0.1, 0.15) is 5.60 Å². The first-order valence-corrected chi connectivity index (χ1v) is 6.86. The van der Waals surface area contributed by atoms with Crippen LogP contribution in [-0.2, 0) is 9.59 Å². The zero-order valence-electron chi connectivity index (χ0n) is 11.1. The van der Waals surface area contributed by atoms with Crippen LogP contribution in [0.3, 0.4) is 0 Å². The van der Waals surface area contributed by atoms with Crippen molar-refractivity contribution in [1.29, 1.82) is 0 Å². The highest BCUT2D eigenvalue weighted by Crippen LogP contribution is 2.42. The van der Waals surface area contributed by atoms with Crippen LogP contribution in [0.2, 0.25) is 0 Å². The van der Waals surface area contributed by atoms with Crippen molar-refractivity contribution in [2.75, 3.05) is 11.4 Å². The van der Waals surface area contributed by atoms with Crippen LogP contribution in [0, 0.1) is 0 Å². The topological polar surface area (TPSA) is 77.8 Å². The maximum atomic E-state index is 12.5. The summed E-state index contributed by atoms with van der Waals surface area (Å²) in [5.41, 5.74) is 0.376. The van der Waals surface area contributed by atoms with Gasteiger partial charge in [0.25, 0.3) is 5.91 Å². The van der Waals surface area contributed by atoms with Crippen molar-refractivity contribution >= 4 is 17.6 Å². The van der Waals surface area contributed by atoms with Gasteiger partial charge in [0.15, 0.2) is 0 Å². The number of benzene rings is 1. The maximum absolute atomic E-state index is 12.5. The van der Waals surface area contributed by atoms with E-state index in [-0.39, 0.29) is 18.2 Å². The fourth-order valence-corrected chi connectivity index (χ4v) is 3.05. The number of carbonyl (C=O) groups excluding carboxylic acids is 1. The number of aliphatic hydroxyl groups is 1. The number of aliphatic carboxylic acids is 1. The molecule has 0 aromatic heterocycles. The second kappa shape index (κ2) is 4.59. The normalized spacial score (nSPS) is 23.1. The van der Waals surface area contributed by atoms with Gasteiger partial charge in [-0.25, -0.2) is 0 Å². The van der Waals surface area contributed by atoms with Crippen LogP contribution < -0.4 is 4.90 Å². The molecule has 20 heavy (non-hydrogen) atoms. The van der Waals surface area contributed by atoms with Gasteiger partial charge in [-0.3, -0.25) is 9.59 Å². The number of carbonyl (C=O) groups is 2. The first-order chi connectivity index (χ1) is 9.51.